The van der Waals surface area contributed by atoms with Gasteiger partial charge in [0.1, 0.15) is 5.15 Å². The van der Waals surface area contributed by atoms with Crippen molar-refractivity contribution < 1.29 is 8.42 Å². The average molecular weight is 264 g/mol. The molecule has 1 N–H and O–H groups in total. The molecule has 0 spiro atoms. The van der Waals surface area contributed by atoms with E-state index >= 15 is 0 Å². The van der Waals surface area contributed by atoms with Crippen LogP contribution in [0.1, 0.15) is 20.8 Å². The van der Waals surface area contributed by atoms with Crippen LogP contribution in [-0.2, 0) is 10.0 Å². The number of anilines is 1. The molecule has 0 aliphatic heterocycles. The fourth-order valence-electron chi connectivity index (χ4n) is 1.13. The number of hydrogen-bond acceptors (Lipinski definition) is 4. The van der Waals surface area contributed by atoms with E-state index in [0.717, 1.165) is 0 Å². The van der Waals surface area contributed by atoms with Crippen LogP contribution < -0.4 is 4.72 Å². The summed E-state index contributed by atoms with van der Waals surface area (Å²) in [5, 5.41) is 0.221. The van der Waals surface area contributed by atoms with E-state index in [1.54, 1.807) is 0 Å². The normalized spacial score (nSPS) is 12.5. The predicted octanol–water partition coefficient (Wildman–Crippen LogP) is 1.92. The van der Waals surface area contributed by atoms with Gasteiger partial charge >= 0.3 is 0 Å². The minimum Gasteiger partial charge on any atom is -0.266 e. The van der Waals surface area contributed by atoms with Crippen molar-refractivity contribution in [2.24, 2.45) is 5.41 Å². The second-order valence-electron chi connectivity index (χ2n) is 4.65. The van der Waals surface area contributed by atoms with Crippen LogP contribution >= 0.6 is 11.6 Å². The minimum absolute atomic E-state index is 0.0182. The maximum absolute atomic E-state index is 11.7. The summed E-state index contributed by atoms with van der Waals surface area (Å²) < 4.78 is 25.7. The molecule has 1 rings (SSSR count). The maximum atomic E-state index is 11.7. The van der Waals surface area contributed by atoms with Crippen LogP contribution in [0.15, 0.2) is 12.4 Å². The van der Waals surface area contributed by atoms with Gasteiger partial charge in [0.05, 0.1) is 18.1 Å². The molecule has 0 aliphatic carbocycles. The van der Waals surface area contributed by atoms with E-state index in [1.165, 1.54) is 12.4 Å². The molecule has 1 heterocycles. The number of hydrogen-bond donors (Lipinski definition) is 1. The highest BCUT2D eigenvalue weighted by Gasteiger charge is 2.21. The van der Waals surface area contributed by atoms with E-state index in [9.17, 15) is 8.42 Å². The zero-order chi connectivity index (χ0) is 12.4. The first-order valence-corrected chi connectivity index (χ1v) is 6.69. The molecule has 0 aromatic carbocycles. The molecule has 90 valence electrons. The number of sulfonamides is 1. The van der Waals surface area contributed by atoms with Crippen molar-refractivity contribution in [1.82, 2.24) is 9.97 Å². The van der Waals surface area contributed by atoms with Gasteiger partial charge in [0.2, 0.25) is 10.0 Å². The number of rotatable bonds is 3. The Morgan fingerprint density at radius 1 is 1.31 bits per heavy atom. The Balaban J connectivity index is 2.77. The molecule has 0 atom stereocenters. The molecular weight excluding hydrogens is 250 g/mol. The van der Waals surface area contributed by atoms with Gasteiger partial charge < -0.3 is 0 Å². The first-order chi connectivity index (χ1) is 7.18. The van der Waals surface area contributed by atoms with Crippen LogP contribution in [0.2, 0.25) is 5.15 Å². The SMILES string of the molecule is CC(C)(C)CS(=O)(=O)Nc1cnc(Cl)cn1. The van der Waals surface area contributed by atoms with Gasteiger partial charge in [-0.25, -0.2) is 18.4 Å². The van der Waals surface area contributed by atoms with Crippen molar-refractivity contribution in [3.05, 3.63) is 17.5 Å². The van der Waals surface area contributed by atoms with Crippen LogP contribution in [0.3, 0.4) is 0 Å². The first-order valence-electron chi connectivity index (χ1n) is 4.66. The topological polar surface area (TPSA) is 72.0 Å². The summed E-state index contributed by atoms with van der Waals surface area (Å²) in [5.74, 6) is 0.193. The summed E-state index contributed by atoms with van der Waals surface area (Å²) in [6.07, 6.45) is 2.57. The van der Waals surface area contributed by atoms with E-state index < -0.39 is 10.0 Å². The predicted molar refractivity (Wildman–Crippen MR) is 63.9 cm³/mol. The third-order valence-electron chi connectivity index (χ3n) is 1.50. The quantitative estimate of drug-likeness (QED) is 0.904. The fourth-order valence-corrected chi connectivity index (χ4v) is 2.86. The molecule has 0 bridgehead atoms. The largest absolute Gasteiger partial charge is 0.266 e. The average Bonchev–Trinajstić information content (AvgIpc) is 2.04. The monoisotopic (exact) mass is 263 g/mol. The van der Waals surface area contributed by atoms with E-state index in [2.05, 4.69) is 14.7 Å². The lowest BCUT2D eigenvalue weighted by Gasteiger charge is -2.18. The molecule has 16 heavy (non-hydrogen) atoms. The Morgan fingerprint density at radius 2 is 1.94 bits per heavy atom. The number of nitrogens with one attached hydrogen (secondary N) is 1. The van der Waals surface area contributed by atoms with Crippen molar-refractivity contribution in [3.8, 4) is 0 Å². The van der Waals surface area contributed by atoms with Crippen molar-refractivity contribution >= 4 is 27.4 Å². The zero-order valence-corrected chi connectivity index (χ0v) is 10.9. The molecule has 1 aromatic heterocycles. The van der Waals surface area contributed by atoms with E-state index in [1.807, 2.05) is 20.8 Å². The molecule has 0 saturated carbocycles. The Kier molecular flexibility index (Phi) is 3.75. The van der Waals surface area contributed by atoms with Gasteiger partial charge in [0, 0.05) is 0 Å². The van der Waals surface area contributed by atoms with E-state index in [-0.39, 0.29) is 22.1 Å². The number of aromatic nitrogens is 2. The van der Waals surface area contributed by atoms with Crippen molar-refractivity contribution in [3.63, 3.8) is 0 Å². The van der Waals surface area contributed by atoms with Crippen molar-refractivity contribution in [1.29, 1.82) is 0 Å². The summed E-state index contributed by atoms with van der Waals surface area (Å²) in [6.45, 7) is 5.54. The standard InChI is InChI=1S/C9H14ClN3O2S/c1-9(2,3)6-16(14,15)13-8-5-11-7(10)4-12-8/h4-5H,6H2,1-3H3,(H,12,13). The molecule has 0 amide bonds. The molecule has 0 fully saturated rings. The molecule has 0 unspecified atom stereocenters. The first kappa shape index (κ1) is 13.2. The number of nitrogens with zero attached hydrogens (tertiary/aromatic N) is 2. The highest BCUT2D eigenvalue weighted by atomic mass is 35.5. The van der Waals surface area contributed by atoms with Gasteiger partial charge in [-0.15, -0.1) is 0 Å². The third-order valence-corrected chi connectivity index (χ3v) is 3.46. The molecule has 1 aromatic rings. The van der Waals surface area contributed by atoms with Crippen molar-refractivity contribution in [2.75, 3.05) is 10.5 Å². The van der Waals surface area contributed by atoms with E-state index in [4.69, 9.17) is 11.6 Å². The molecule has 5 nitrogen and oxygen atoms in total. The Bertz CT molecular complexity index is 451. The van der Waals surface area contributed by atoms with Gasteiger partial charge in [-0.3, -0.25) is 4.72 Å². The zero-order valence-electron chi connectivity index (χ0n) is 9.36. The Morgan fingerprint density at radius 3 is 2.38 bits per heavy atom. The highest BCUT2D eigenvalue weighted by Crippen LogP contribution is 2.17. The highest BCUT2D eigenvalue weighted by molar-refractivity contribution is 7.92. The fraction of sp³-hybridized carbons (Fsp3) is 0.556. The lowest BCUT2D eigenvalue weighted by Crippen LogP contribution is -2.26. The second-order valence-corrected chi connectivity index (χ2v) is 6.76. The van der Waals surface area contributed by atoms with Gasteiger partial charge in [-0.05, 0) is 5.41 Å². The molecular formula is C9H14ClN3O2S. The smallest absolute Gasteiger partial charge is 0.234 e. The van der Waals surface area contributed by atoms with Crippen LogP contribution in [-0.4, -0.2) is 24.1 Å². The van der Waals surface area contributed by atoms with Crippen LogP contribution in [0.4, 0.5) is 5.82 Å². The number of halogens is 1. The van der Waals surface area contributed by atoms with Crippen LogP contribution in [0.25, 0.3) is 0 Å². The molecule has 0 radical (unpaired) electrons. The van der Waals surface area contributed by atoms with Gasteiger partial charge in [0.25, 0.3) is 0 Å². The summed E-state index contributed by atoms with van der Waals surface area (Å²) in [6, 6.07) is 0. The summed E-state index contributed by atoms with van der Waals surface area (Å²) in [4.78, 5) is 7.54. The Hall–Kier alpha value is -0.880. The van der Waals surface area contributed by atoms with E-state index in [0.29, 0.717) is 0 Å². The van der Waals surface area contributed by atoms with Crippen molar-refractivity contribution in [2.45, 2.75) is 20.8 Å². The maximum Gasteiger partial charge on any atom is 0.234 e. The van der Waals surface area contributed by atoms with Gasteiger partial charge in [-0.1, -0.05) is 32.4 Å². The summed E-state index contributed by atoms with van der Waals surface area (Å²) in [5.41, 5.74) is -0.314. The second kappa shape index (κ2) is 4.55. The molecule has 0 saturated heterocycles. The van der Waals surface area contributed by atoms with Crippen LogP contribution in [0, 0.1) is 5.41 Å². The minimum atomic E-state index is -3.40. The molecule has 7 heteroatoms. The molecule has 0 aliphatic rings. The third kappa shape index (κ3) is 4.76. The van der Waals surface area contributed by atoms with Gasteiger partial charge in [-0.2, -0.15) is 0 Å². The summed E-state index contributed by atoms with van der Waals surface area (Å²) in [7, 11) is -3.40. The lowest BCUT2D eigenvalue weighted by molar-refractivity contribution is 0.463. The van der Waals surface area contributed by atoms with Gasteiger partial charge in [0.15, 0.2) is 5.82 Å². The summed E-state index contributed by atoms with van der Waals surface area (Å²) >= 11 is 5.54. The Labute approximate surface area is 100 Å². The van der Waals surface area contributed by atoms with Crippen LogP contribution in [0.5, 0.6) is 0 Å². The lowest BCUT2D eigenvalue weighted by atomic mass is 10.0.